The van der Waals surface area contributed by atoms with Gasteiger partial charge in [0.15, 0.2) is 0 Å². The molecule has 0 fully saturated rings. The molecule has 0 unspecified atom stereocenters. The van der Waals surface area contributed by atoms with Crippen LogP contribution in [0.15, 0.2) is 0 Å². The highest BCUT2D eigenvalue weighted by atomic mass is 33.1. The van der Waals surface area contributed by atoms with Crippen LogP contribution in [0, 0.1) is 0 Å². The Balaban J connectivity index is 4.03. The molecule has 4 atom stereocenters. The highest BCUT2D eigenvalue weighted by Gasteiger charge is 2.21. The Bertz CT molecular complexity index is 436. The van der Waals surface area contributed by atoms with Gasteiger partial charge >= 0.3 is 11.9 Å². The summed E-state index contributed by atoms with van der Waals surface area (Å²) in [4.78, 5) is 44.5. The van der Waals surface area contributed by atoms with E-state index in [9.17, 15) is 19.2 Å². The highest BCUT2D eigenvalue weighted by molar-refractivity contribution is 8.76. The van der Waals surface area contributed by atoms with Gasteiger partial charge in [0.2, 0.25) is 11.8 Å². The second-order valence-corrected chi connectivity index (χ2v) is 7.47. The molecule has 0 radical (unpaired) electrons. The fourth-order valence-corrected chi connectivity index (χ4v) is 3.40. The summed E-state index contributed by atoms with van der Waals surface area (Å²) >= 11 is 0. The highest BCUT2D eigenvalue weighted by Crippen LogP contribution is 2.22. The van der Waals surface area contributed by atoms with Gasteiger partial charge in [-0.15, -0.1) is 0 Å². The lowest BCUT2D eigenvalue weighted by Gasteiger charge is -2.16. The Morgan fingerprint density at radius 1 is 0.833 bits per heavy atom. The largest absolute Gasteiger partial charge is 0.480 e. The van der Waals surface area contributed by atoms with Crippen molar-refractivity contribution in [2.45, 2.75) is 38.0 Å². The van der Waals surface area contributed by atoms with Crippen LogP contribution in [0.1, 0.15) is 13.8 Å². The average molecular weight is 382 g/mol. The van der Waals surface area contributed by atoms with E-state index in [2.05, 4.69) is 10.6 Å². The molecule has 12 heteroatoms. The van der Waals surface area contributed by atoms with Crippen molar-refractivity contribution in [2.24, 2.45) is 11.5 Å². The number of carbonyl (C=O) groups excluding carboxylic acids is 2. The zero-order chi connectivity index (χ0) is 18.9. The van der Waals surface area contributed by atoms with Gasteiger partial charge in [-0.3, -0.25) is 19.2 Å². The summed E-state index contributed by atoms with van der Waals surface area (Å²) in [6.45, 7) is 2.65. The van der Waals surface area contributed by atoms with E-state index < -0.39 is 47.9 Å². The van der Waals surface area contributed by atoms with Crippen molar-refractivity contribution in [3.8, 4) is 0 Å². The maximum Gasteiger partial charge on any atom is 0.325 e. The van der Waals surface area contributed by atoms with E-state index in [1.54, 1.807) is 0 Å². The number of nitrogens with one attached hydrogen (secondary N) is 2. The van der Waals surface area contributed by atoms with Crippen molar-refractivity contribution < 1.29 is 29.4 Å². The van der Waals surface area contributed by atoms with Crippen LogP contribution >= 0.6 is 21.6 Å². The third kappa shape index (κ3) is 8.96. The van der Waals surface area contributed by atoms with Crippen molar-refractivity contribution in [3.05, 3.63) is 0 Å². The third-order valence-corrected chi connectivity index (χ3v) is 5.18. The summed E-state index contributed by atoms with van der Waals surface area (Å²) in [6, 6.07) is -3.87. The Morgan fingerprint density at radius 2 is 1.12 bits per heavy atom. The maximum absolute atomic E-state index is 11.6. The van der Waals surface area contributed by atoms with Crippen LogP contribution in [0.4, 0.5) is 0 Å². The number of rotatable bonds is 11. The first-order valence-corrected chi connectivity index (χ1v) is 9.37. The van der Waals surface area contributed by atoms with Crippen LogP contribution in [-0.2, 0) is 19.2 Å². The summed E-state index contributed by atoms with van der Waals surface area (Å²) in [5.41, 5.74) is 11.3. The number of aliphatic carboxylic acids is 2. The molecule has 0 aliphatic heterocycles. The standard InChI is InChI=1S/C12H22N4O6S2/c1-5(11(19)20)15-9(17)7(13)3-23-24-4-8(14)10(18)16-6(2)12(21)22/h5-8H,3-4,13-14H2,1-2H3,(H,15,17)(H,16,18)(H,19,20)(H,21,22)/t5-,6+,7-,8-/m0/s1. The molecule has 0 saturated heterocycles. The van der Waals surface area contributed by atoms with Gasteiger partial charge < -0.3 is 32.3 Å². The number of carboxylic acids is 2. The van der Waals surface area contributed by atoms with Gasteiger partial charge in [-0.05, 0) is 13.8 Å². The first-order chi connectivity index (χ1) is 11.1. The van der Waals surface area contributed by atoms with Crippen LogP contribution in [0.3, 0.4) is 0 Å². The van der Waals surface area contributed by atoms with Crippen LogP contribution in [0.2, 0.25) is 0 Å². The molecule has 8 N–H and O–H groups in total. The molecule has 0 saturated carbocycles. The van der Waals surface area contributed by atoms with Crippen molar-refractivity contribution in [2.75, 3.05) is 11.5 Å². The predicted molar refractivity (Wildman–Crippen MR) is 91.3 cm³/mol. The summed E-state index contributed by atoms with van der Waals surface area (Å²) < 4.78 is 0. The SMILES string of the molecule is C[C@H](NC(=O)[C@@H](N)CSSC[C@H](N)C(=O)N[C@H](C)C(=O)O)C(=O)O. The second kappa shape index (κ2) is 11.1. The molecule has 0 aliphatic rings. The van der Waals surface area contributed by atoms with Gasteiger partial charge in [-0.1, -0.05) is 21.6 Å². The zero-order valence-electron chi connectivity index (χ0n) is 13.2. The molecular weight excluding hydrogens is 360 g/mol. The molecule has 0 aromatic carbocycles. The van der Waals surface area contributed by atoms with Crippen molar-refractivity contribution in [3.63, 3.8) is 0 Å². The molecule has 0 aromatic rings. The lowest BCUT2D eigenvalue weighted by Crippen LogP contribution is -2.48. The summed E-state index contributed by atoms with van der Waals surface area (Å²) in [5.74, 6) is -3.10. The summed E-state index contributed by atoms with van der Waals surface area (Å²) in [6.07, 6.45) is 0. The number of carbonyl (C=O) groups is 4. The number of hydrogen-bond donors (Lipinski definition) is 6. The van der Waals surface area contributed by atoms with Gasteiger partial charge in [0, 0.05) is 11.5 Å². The molecule has 2 amide bonds. The first-order valence-electron chi connectivity index (χ1n) is 6.88. The molecule has 0 aliphatic carbocycles. The van der Waals surface area contributed by atoms with E-state index in [0.717, 1.165) is 0 Å². The van der Waals surface area contributed by atoms with Crippen molar-refractivity contribution in [1.82, 2.24) is 10.6 Å². The molecule has 138 valence electrons. The maximum atomic E-state index is 11.6. The molecule has 0 rings (SSSR count). The second-order valence-electron chi connectivity index (χ2n) is 4.92. The Morgan fingerprint density at radius 3 is 1.38 bits per heavy atom. The first kappa shape index (κ1) is 22.5. The van der Waals surface area contributed by atoms with E-state index in [0.29, 0.717) is 0 Å². The van der Waals surface area contributed by atoms with Gasteiger partial charge in [-0.25, -0.2) is 0 Å². The third-order valence-electron chi connectivity index (χ3n) is 2.71. The lowest BCUT2D eigenvalue weighted by molar-refractivity contribution is -0.141. The monoisotopic (exact) mass is 382 g/mol. The van der Waals surface area contributed by atoms with Crippen molar-refractivity contribution >= 4 is 45.3 Å². The van der Waals surface area contributed by atoms with E-state index in [4.69, 9.17) is 21.7 Å². The minimum absolute atomic E-state index is 0.197. The fourth-order valence-electron chi connectivity index (χ4n) is 1.16. The average Bonchev–Trinajstić information content (AvgIpc) is 2.50. The number of hydrogen-bond acceptors (Lipinski definition) is 8. The van der Waals surface area contributed by atoms with E-state index in [-0.39, 0.29) is 11.5 Å². The molecule has 0 spiro atoms. The summed E-state index contributed by atoms with van der Waals surface area (Å²) in [5, 5.41) is 21.9. The smallest absolute Gasteiger partial charge is 0.325 e. The minimum atomic E-state index is -1.16. The normalized spacial score (nSPS) is 15.7. The molecule has 0 heterocycles. The number of nitrogens with two attached hydrogens (primary N) is 2. The van der Waals surface area contributed by atoms with Gasteiger partial charge in [0.25, 0.3) is 0 Å². The zero-order valence-corrected chi connectivity index (χ0v) is 14.9. The Labute approximate surface area is 146 Å². The van der Waals surface area contributed by atoms with Crippen LogP contribution in [-0.4, -0.2) is 69.6 Å². The molecular formula is C12H22N4O6S2. The topological polar surface area (TPSA) is 185 Å². The van der Waals surface area contributed by atoms with Gasteiger partial charge in [-0.2, -0.15) is 0 Å². The van der Waals surface area contributed by atoms with Gasteiger partial charge in [0.05, 0.1) is 12.1 Å². The van der Waals surface area contributed by atoms with Crippen LogP contribution in [0.25, 0.3) is 0 Å². The molecule has 24 heavy (non-hydrogen) atoms. The Hall–Kier alpha value is -1.50. The van der Waals surface area contributed by atoms with E-state index >= 15 is 0 Å². The van der Waals surface area contributed by atoms with Crippen LogP contribution < -0.4 is 22.1 Å². The number of carboxylic acid groups (broad SMARTS) is 2. The minimum Gasteiger partial charge on any atom is -0.480 e. The molecule has 0 bridgehead atoms. The molecule has 0 aromatic heterocycles. The predicted octanol–water partition coefficient (Wildman–Crippen LogP) is -1.80. The quantitative estimate of drug-likeness (QED) is 0.176. The number of amides is 2. The van der Waals surface area contributed by atoms with E-state index in [1.165, 1.54) is 35.4 Å². The van der Waals surface area contributed by atoms with Crippen molar-refractivity contribution in [1.29, 1.82) is 0 Å². The Kier molecular flexibility index (Phi) is 10.4. The lowest BCUT2D eigenvalue weighted by atomic mass is 10.3. The van der Waals surface area contributed by atoms with Crippen LogP contribution in [0.5, 0.6) is 0 Å². The molecule has 10 nitrogen and oxygen atoms in total. The summed E-state index contributed by atoms with van der Waals surface area (Å²) in [7, 11) is 2.41. The van der Waals surface area contributed by atoms with E-state index in [1.807, 2.05) is 0 Å². The fraction of sp³-hybridized carbons (Fsp3) is 0.667. The van der Waals surface area contributed by atoms with Gasteiger partial charge in [0.1, 0.15) is 12.1 Å².